The average Bonchev–Trinajstić information content (AvgIpc) is 2.64. The van der Waals surface area contributed by atoms with E-state index in [0.717, 1.165) is 16.8 Å². The number of nitrogens with zero attached hydrogens (tertiary/aromatic N) is 3. The fourth-order valence-corrected chi connectivity index (χ4v) is 2.32. The molecule has 1 aromatic heterocycles. The summed E-state index contributed by atoms with van der Waals surface area (Å²) in [6.45, 7) is 0. The van der Waals surface area contributed by atoms with E-state index >= 15 is 0 Å². The van der Waals surface area contributed by atoms with Gasteiger partial charge in [0.1, 0.15) is 21.6 Å². The number of nitro benzene ring substituents is 1. The van der Waals surface area contributed by atoms with Crippen LogP contribution in [0.3, 0.4) is 0 Å². The van der Waals surface area contributed by atoms with Gasteiger partial charge in [0.15, 0.2) is 5.69 Å². The fourth-order valence-electron chi connectivity index (χ4n) is 1.76. The molecule has 2 rings (SSSR count). The molecule has 0 aliphatic carbocycles. The summed E-state index contributed by atoms with van der Waals surface area (Å²) < 4.78 is 14.9. The summed E-state index contributed by atoms with van der Waals surface area (Å²) in [4.78, 5) is 21.1. The number of carboxylic acids is 1. The lowest BCUT2D eigenvalue weighted by Gasteiger charge is -2.02. The lowest BCUT2D eigenvalue weighted by atomic mass is 10.1. The van der Waals surface area contributed by atoms with Crippen LogP contribution in [-0.4, -0.2) is 25.8 Å². The monoisotopic (exact) mass is 333 g/mol. The number of carbonyl (C=O) groups is 1. The van der Waals surface area contributed by atoms with Gasteiger partial charge in [-0.3, -0.25) is 14.8 Å². The van der Waals surface area contributed by atoms with Crippen molar-refractivity contribution in [1.82, 2.24) is 9.78 Å². The van der Waals surface area contributed by atoms with Gasteiger partial charge < -0.3 is 5.11 Å². The number of nitro groups is 1. The van der Waals surface area contributed by atoms with Gasteiger partial charge in [-0.15, -0.1) is 0 Å². The van der Waals surface area contributed by atoms with Crippen molar-refractivity contribution in [3.8, 4) is 11.3 Å². The Labute approximate surface area is 126 Å². The van der Waals surface area contributed by atoms with Gasteiger partial charge in [0, 0.05) is 24.7 Å². The first kappa shape index (κ1) is 15.2. The quantitative estimate of drug-likeness (QED) is 0.687. The molecule has 0 aliphatic heterocycles. The highest BCUT2D eigenvalue weighted by Crippen LogP contribution is 2.36. The molecule has 1 heterocycles. The van der Waals surface area contributed by atoms with Crippen LogP contribution in [0.1, 0.15) is 10.5 Å². The average molecular weight is 334 g/mol. The number of aryl methyl sites for hydroxylation is 1. The molecule has 0 saturated heterocycles. The van der Waals surface area contributed by atoms with E-state index in [1.807, 2.05) is 0 Å². The van der Waals surface area contributed by atoms with E-state index in [0.29, 0.717) is 0 Å². The van der Waals surface area contributed by atoms with E-state index in [9.17, 15) is 19.3 Å². The second-order valence-corrected chi connectivity index (χ2v) is 4.77. The zero-order valence-corrected chi connectivity index (χ0v) is 11.8. The van der Waals surface area contributed by atoms with Gasteiger partial charge in [0.05, 0.1) is 4.92 Å². The van der Waals surface area contributed by atoms with Crippen molar-refractivity contribution in [2.24, 2.45) is 7.05 Å². The molecule has 0 radical (unpaired) electrons. The highest BCUT2D eigenvalue weighted by Gasteiger charge is 2.25. The molecule has 10 heteroatoms. The van der Waals surface area contributed by atoms with E-state index in [2.05, 4.69) is 5.10 Å². The lowest BCUT2D eigenvalue weighted by molar-refractivity contribution is -0.384. The van der Waals surface area contributed by atoms with Crippen LogP contribution in [0.15, 0.2) is 12.1 Å². The Kier molecular flexibility index (Phi) is 3.84. The highest BCUT2D eigenvalue weighted by molar-refractivity contribution is 6.36. The summed E-state index contributed by atoms with van der Waals surface area (Å²) in [5.41, 5.74) is -1.41. The molecule has 0 unspecified atom stereocenters. The van der Waals surface area contributed by atoms with Crippen LogP contribution in [0, 0.1) is 15.9 Å². The largest absolute Gasteiger partial charge is 0.476 e. The van der Waals surface area contributed by atoms with Crippen molar-refractivity contribution in [2.75, 3.05) is 0 Å². The summed E-state index contributed by atoms with van der Waals surface area (Å²) in [6.07, 6.45) is 0. The molecule has 21 heavy (non-hydrogen) atoms. The maximum atomic E-state index is 13.9. The van der Waals surface area contributed by atoms with Gasteiger partial charge in [0.25, 0.3) is 5.69 Å². The van der Waals surface area contributed by atoms with Crippen molar-refractivity contribution in [3.63, 3.8) is 0 Å². The van der Waals surface area contributed by atoms with Crippen LogP contribution in [0.5, 0.6) is 0 Å². The number of aromatic nitrogens is 2. The SMILES string of the molecule is Cn1nc(-c2cc([N+](=O)[O-])c(Cl)cc2F)c(Cl)c1C(=O)O. The van der Waals surface area contributed by atoms with Crippen LogP contribution < -0.4 is 0 Å². The van der Waals surface area contributed by atoms with Crippen molar-refractivity contribution in [1.29, 1.82) is 0 Å². The molecular weight excluding hydrogens is 328 g/mol. The van der Waals surface area contributed by atoms with Crippen LogP contribution >= 0.6 is 23.2 Å². The number of rotatable bonds is 3. The number of hydrogen-bond acceptors (Lipinski definition) is 4. The van der Waals surface area contributed by atoms with Crippen LogP contribution in [0.2, 0.25) is 10.0 Å². The smallest absolute Gasteiger partial charge is 0.355 e. The summed E-state index contributed by atoms with van der Waals surface area (Å²) in [6, 6.07) is 1.61. The van der Waals surface area contributed by atoms with E-state index in [1.54, 1.807) is 0 Å². The molecule has 1 N–H and O–H groups in total. The van der Waals surface area contributed by atoms with E-state index < -0.39 is 22.4 Å². The Morgan fingerprint density at radius 3 is 2.57 bits per heavy atom. The number of benzene rings is 1. The molecule has 0 bridgehead atoms. The Bertz CT molecular complexity index is 775. The second kappa shape index (κ2) is 5.30. The van der Waals surface area contributed by atoms with E-state index in [1.165, 1.54) is 7.05 Å². The van der Waals surface area contributed by atoms with Crippen molar-refractivity contribution in [3.05, 3.63) is 43.8 Å². The van der Waals surface area contributed by atoms with Crippen LogP contribution in [-0.2, 0) is 7.05 Å². The van der Waals surface area contributed by atoms with Crippen molar-refractivity contribution in [2.45, 2.75) is 0 Å². The minimum atomic E-state index is -1.36. The molecule has 7 nitrogen and oxygen atoms in total. The standard InChI is InChI=1S/C11H6Cl2FN3O4/c1-16-10(11(18)19)8(13)9(15-16)4-2-7(17(20)21)5(12)3-6(4)14/h2-3H,1H3,(H,18,19). The Morgan fingerprint density at radius 1 is 1.48 bits per heavy atom. The van der Waals surface area contributed by atoms with Gasteiger partial charge in [-0.05, 0) is 0 Å². The molecule has 2 aromatic rings. The van der Waals surface area contributed by atoms with Crippen LogP contribution in [0.4, 0.5) is 10.1 Å². The van der Waals surface area contributed by atoms with E-state index in [-0.39, 0.29) is 27.0 Å². The first-order valence-corrected chi connectivity index (χ1v) is 6.09. The molecule has 0 atom stereocenters. The first-order valence-electron chi connectivity index (χ1n) is 5.33. The summed E-state index contributed by atoms with van der Waals surface area (Å²) in [5.74, 6) is -2.26. The maximum absolute atomic E-state index is 13.9. The molecule has 0 saturated carbocycles. The Morgan fingerprint density at radius 2 is 2.10 bits per heavy atom. The summed E-state index contributed by atoms with van der Waals surface area (Å²) >= 11 is 11.4. The molecule has 110 valence electrons. The van der Waals surface area contributed by atoms with Crippen molar-refractivity contribution >= 4 is 34.9 Å². The van der Waals surface area contributed by atoms with Gasteiger partial charge in [-0.25, -0.2) is 9.18 Å². The third-order valence-corrected chi connectivity index (χ3v) is 3.34. The molecule has 0 aliphatic rings. The minimum absolute atomic E-state index is 0.214. The number of aromatic carboxylic acids is 1. The van der Waals surface area contributed by atoms with E-state index in [4.69, 9.17) is 28.3 Å². The maximum Gasteiger partial charge on any atom is 0.355 e. The van der Waals surface area contributed by atoms with Gasteiger partial charge in [-0.2, -0.15) is 5.10 Å². The first-order chi connectivity index (χ1) is 9.73. The minimum Gasteiger partial charge on any atom is -0.476 e. The van der Waals surface area contributed by atoms with Gasteiger partial charge in [0.2, 0.25) is 0 Å². The van der Waals surface area contributed by atoms with Gasteiger partial charge >= 0.3 is 5.97 Å². The number of hydrogen-bond donors (Lipinski definition) is 1. The molecule has 0 fully saturated rings. The number of halogens is 3. The normalized spacial score (nSPS) is 10.7. The predicted molar refractivity (Wildman–Crippen MR) is 72.2 cm³/mol. The zero-order chi connectivity index (χ0) is 15.9. The Balaban J connectivity index is 2.73. The third-order valence-electron chi connectivity index (χ3n) is 2.68. The summed E-state index contributed by atoms with van der Waals surface area (Å²) in [5, 5.41) is 22.9. The van der Waals surface area contributed by atoms with Crippen molar-refractivity contribution < 1.29 is 19.2 Å². The number of carboxylic acid groups (broad SMARTS) is 1. The van der Waals surface area contributed by atoms with Gasteiger partial charge in [-0.1, -0.05) is 23.2 Å². The summed E-state index contributed by atoms with van der Waals surface area (Å²) in [7, 11) is 1.31. The highest BCUT2D eigenvalue weighted by atomic mass is 35.5. The molecule has 1 aromatic carbocycles. The fraction of sp³-hybridized carbons (Fsp3) is 0.0909. The molecule has 0 spiro atoms. The second-order valence-electron chi connectivity index (χ2n) is 3.98. The predicted octanol–water partition coefficient (Wildman–Crippen LogP) is 3.14. The third kappa shape index (κ3) is 2.55. The van der Waals surface area contributed by atoms with Crippen LogP contribution in [0.25, 0.3) is 11.3 Å². The topological polar surface area (TPSA) is 98.3 Å². The Hall–Kier alpha value is -2.19. The molecule has 0 amide bonds. The lowest BCUT2D eigenvalue weighted by Crippen LogP contribution is -2.05. The zero-order valence-electron chi connectivity index (χ0n) is 10.3. The molecular formula is C11H6Cl2FN3O4.